The molecule has 4 aromatic rings. The Morgan fingerprint density at radius 3 is 1.77 bits per heavy atom. The van der Waals surface area contributed by atoms with E-state index in [1.807, 2.05) is 39.8 Å². The van der Waals surface area contributed by atoms with Crippen LogP contribution in [0, 0.1) is 44.4 Å². The highest BCUT2D eigenvalue weighted by Gasteiger charge is 1.99. The summed E-state index contributed by atoms with van der Waals surface area (Å²) in [5.74, 6) is 10.5. The number of nitrogens with two attached hydrogens (primary N) is 5. The van der Waals surface area contributed by atoms with Gasteiger partial charge in [0.05, 0.1) is 11.9 Å². The average Bonchev–Trinajstić information content (AvgIpc) is 3.62. The van der Waals surface area contributed by atoms with Crippen molar-refractivity contribution in [3.05, 3.63) is 52.9 Å². The van der Waals surface area contributed by atoms with Crippen molar-refractivity contribution in [3.8, 4) is 6.07 Å². The van der Waals surface area contributed by atoms with Crippen molar-refractivity contribution < 1.29 is 10.6 Å². The van der Waals surface area contributed by atoms with Gasteiger partial charge >= 0.3 is 0 Å². The number of aliphatic hydroxyl groups is 1. The Balaban J connectivity index is -0.000000141. The molecule has 0 aliphatic carbocycles. The lowest BCUT2D eigenvalue weighted by Crippen LogP contribution is -2.03. The number of nitrogens with zero attached hydrogens (tertiary/aromatic N) is 7. The molecule has 0 amide bonds. The minimum Gasteiger partial charge on any atom is -0.412 e. The summed E-state index contributed by atoms with van der Waals surface area (Å²) >= 11 is 0. The van der Waals surface area contributed by atoms with Crippen molar-refractivity contribution in [1.29, 1.82) is 10.7 Å². The Morgan fingerprint density at radius 1 is 1.02 bits per heavy atom. The molecule has 0 radical (unpaired) electrons. The second kappa shape index (κ2) is 29.7. The molecule has 44 heavy (non-hydrogen) atoms. The van der Waals surface area contributed by atoms with Gasteiger partial charge in [-0.3, -0.25) is 27.0 Å². The number of aromatic nitrogens is 8. The summed E-state index contributed by atoms with van der Waals surface area (Å²) in [6.45, 7) is 16.5. The van der Waals surface area contributed by atoms with Crippen LogP contribution in [0.15, 0.2) is 35.0 Å². The number of aliphatic imine (C=N–C) groups is 1. The Bertz CT molecular complexity index is 1270. The Labute approximate surface area is 264 Å². The van der Waals surface area contributed by atoms with E-state index in [9.17, 15) is 0 Å². The van der Waals surface area contributed by atoms with Crippen LogP contribution in [0.5, 0.6) is 0 Å². The monoisotopic (exact) mass is 642 g/mol. The summed E-state index contributed by atoms with van der Waals surface area (Å²) in [7, 11) is 0. The highest BCUT2D eigenvalue weighted by atomic mass is 35.5. The van der Waals surface area contributed by atoms with Crippen LogP contribution in [0.2, 0.25) is 0 Å². The number of hydrazine groups is 1. The van der Waals surface area contributed by atoms with Gasteiger partial charge in [-0.25, -0.2) is 9.98 Å². The van der Waals surface area contributed by atoms with Crippen molar-refractivity contribution >= 4 is 41.2 Å². The largest absolute Gasteiger partial charge is 0.412 e. The molecule has 0 atom stereocenters. The third-order valence-corrected chi connectivity index (χ3v) is 3.37. The molecule has 4 aromatic heterocycles. The van der Waals surface area contributed by atoms with Gasteiger partial charge in [-0.2, -0.15) is 20.1 Å². The standard InChI is InChI=1S/C6H8N4.C6H10N4.C4H7N3.C4H6N2.C3H7N.C2H6O.ClH.H4N2.H2O/c1-4-3-6-7-5(2)9-10(6)8-4;1-4-3-6(10-9-4)8-5(2)7;1-3-2-4(5)7-6-3;1-4(6)2-3-5;1-3(2)4;1-2-3;;1-2;/h3,8H,1-2H3;3H,1-2H3,(H3,7,8,9,10);2H,1H3,(H3,5,6,7);2H,6H2,1H3;4H,1-2H3;3H,2H2,1H3;1H;1-2H2;1H2/b;;;4-2-;;;;;. The number of hydrogen-bond acceptors (Lipinski definition) is 12. The Morgan fingerprint density at radius 2 is 1.50 bits per heavy atom. The third kappa shape index (κ3) is 30.2. The zero-order chi connectivity index (χ0) is 33.3. The molecule has 18 nitrogen and oxygen atoms in total. The van der Waals surface area contributed by atoms with E-state index in [0.29, 0.717) is 28.9 Å². The number of allylic oxidation sites excluding steroid dienone is 2. The van der Waals surface area contributed by atoms with Gasteiger partial charge in [-0.1, -0.05) is 0 Å². The molecule has 0 aliphatic heterocycles. The summed E-state index contributed by atoms with van der Waals surface area (Å²) in [5.41, 5.74) is 20.8. The third-order valence-electron chi connectivity index (χ3n) is 3.37. The number of H-pyrrole nitrogens is 3. The number of aryl methyl sites for hydroxylation is 4. The number of aliphatic hydroxyl groups excluding tert-OH is 1. The van der Waals surface area contributed by atoms with E-state index in [1.165, 1.54) is 6.08 Å². The summed E-state index contributed by atoms with van der Waals surface area (Å²) in [4.78, 5) is 8.09. The van der Waals surface area contributed by atoms with Gasteiger partial charge in [-0.05, 0) is 62.3 Å². The first-order valence-corrected chi connectivity index (χ1v) is 12.4. The first-order chi connectivity index (χ1) is 19.6. The molecule has 4 heterocycles. The molecule has 0 saturated heterocycles. The minimum absolute atomic E-state index is 0. The van der Waals surface area contributed by atoms with E-state index in [-0.39, 0.29) is 24.5 Å². The van der Waals surface area contributed by atoms with Gasteiger partial charge in [0.1, 0.15) is 11.6 Å². The summed E-state index contributed by atoms with van der Waals surface area (Å²) in [6.07, 6.45) is 1.29. The quantitative estimate of drug-likeness (QED) is 0.0466. The zero-order valence-corrected chi connectivity index (χ0v) is 27.7. The van der Waals surface area contributed by atoms with Crippen molar-refractivity contribution in [3.63, 3.8) is 0 Å². The van der Waals surface area contributed by atoms with Crippen molar-refractivity contribution in [2.24, 2.45) is 28.1 Å². The van der Waals surface area contributed by atoms with Crippen LogP contribution in [-0.2, 0) is 0 Å². The smallest absolute Gasteiger partial charge is 0.175 e. The first-order valence-electron chi connectivity index (χ1n) is 12.4. The first kappa shape index (κ1) is 48.9. The van der Waals surface area contributed by atoms with Crippen LogP contribution in [0.25, 0.3) is 5.65 Å². The number of amidine groups is 1. The fourth-order valence-electron chi connectivity index (χ4n) is 2.18. The van der Waals surface area contributed by atoms with E-state index in [1.54, 1.807) is 51.4 Å². The van der Waals surface area contributed by atoms with E-state index in [2.05, 4.69) is 52.3 Å². The minimum atomic E-state index is 0. The topological polar surface area (TPSA) is 345 Å². The predicted octanol–water partition coefficient (Wildman–Crippen LogP) is 1.53. The maximum absolute atomic E-state index is 7.83. The van der Waals surface area contributed by atoms with E-state index < -0.39 is 0 Å². The van der Waals surface area contributed by atoms with Gasteiger partial charge in [0.2, 0.25) is 0 Å². The molecule has 0 spiro atoms. The highest BCUT2D eigenvalue weighted by molar-refractivity contribution is 5.85. The van der Waals surface area contributed by atoms with Crippen LogP contribution in [0.4, 0.5) is 11.6 Å². The SMILES string of the molecule is C/C(N)=C/C#N.CC(C)=N.CC(N)=Nc1cc(C)[nH]n1.CCO.Cc1cc(N)n[nH]1.Cc1nc2cc(C)[nH]n2n1.Cl.NN.O. The number of hydrogen-bond donors (Lipinski definition) is 10. The molecule has 19 heteroatoms. The number of aromatic amines is 3. The number of nitrogen functional groups attached to an aromatic ring is 1. The average molecular weight is 643 g/mol. The lowest BCUT2D eigenvalue weighted by molar-refractivity contribution is 0.318. The molecule has 0 fully saturated rings. The second-order valence-electron chi connectivity index (χ2n) is 8.34. The Hall–Kier alpha value is -4.80. The van der Waals surface area contributed by atoms with Crippen LogP contribution in [0.3, 0.4) is 0 Å². The number of fused-ring (bicyclic) bond motifs is 1. The summed E-state index contributed by atoms with van der Waals surface area (Å²) < 4.78 is 1.67. The van der Waals surface area contributed by atoms with Gasteiger partial charge in [0.25, 0.3) is 0 Å². The molecular weight excluding hydrogens is 592 g/mol. The summed E-state index contributed by atoms with van der Waals surface area (Å²) in [6, 6.07) is 7.35. The molecule has 0 unspecified atom stereocenters. The predicted molar refractivity (Wildman–Crippen MR) is 179 cm³/mol. The zero-order valence-electron chi connectivity index (χ0n) is 26.9. The number of nitrogens with one attached hydrogen (secondary N) is 4. The van der Waals surface area contributed by atoms with E-state index in [0.717, 1.165) is 28.6 Å². The van der Waals surface area contributed by atoms with Gasteiger partial charge in [0.15, 0.2) is 11.5 Å². The fourth-order valence-corrected chi connectivity index (χ4v) is 2.18. The van der Waals surface area contributed by atoms with Crippen LogP contribution in [0.1, 0.15) is 57.5 Å². The van der Waals surface area contributed by atoms with Crippen LogP contribution in [-0.4, -0.2) is 68.9 Å². The number of halogens is 1. The maximum atomic E-state index is 7.83. The van der Waals surface area contributed by atoms with E-state index in [4.69, 9.17) is 33.0 Å². The molecule has 0 aliphatic rings. The van der Waals surface area contributed by atoms with Crippen LogP contribution >= 0.6 is 12.4 Å². The van der Waals surface area contributed by atoms with Crippen LogP contribution < -0.4 is 28.9 Å². The fraction of sp³-hybridized carbons (Fsp3) is 0.400. The molecule has 250 valence electrons. The highest BCUT2D eigenvalue weighted by Crippen LogP contribution is 2.07. The second-order valence-corrected chi connectivity index (χ2v) is 8.34. The molecule has 0 bridgehead atoms. The molecular formula is C25H51ClN16O2. The number of anilines is 1. The number of rotatable bonds is 1. The molecule has 0 aromatic carbocycles. The lowest BCUT2D eigenvalue weighted by atomic mass is 10.5. The molecule has 4 rings (SSSR count). The van der Waals surface area contributed by atoms with Gasteiger partial charge < -0.3 is 33.2 Å². The maximum Gasteiger partial charge on any atom is 0.175 e. The van der Waals surface area contributed by atoms with Crippen molar-refractivity contribution in [2.45, 2.75) is 62.3 Å². The van der Waals surface area contributed by atoms with Crippen molar-refractivity contribution in [1.82, 2.24) is 40.2 Å². The lowest BCUT2D eigenvalue weighted by Gasteiger charge is -1.84. The van der Waals surface area contributed by atoms with Crippen molar-refractivity contribution in [2.75, 3.05) is 12.3 Å². The normalized spacial score (nSPS) is 9.25. The number of nitriles is 1. The van der Waals surface area contributed by atoms with E-state index >= 15 is 0 Å². The Kier molecular flexibility index (Phi) is 33.0. The van der Waals surface area contributed by atoms with Gasteiger partial charge in [0, 0.05) is 59.4 Å². The molecule has 0 saturated carbocycles. The summed E-state index contributed by atoms with van der Waals surface area (Å²) in [5, 5.41) is 42.0. The molecule has 17 N–H and O–H groups in total. The van der Waals surface area contributed by atoms with Gasteiger partial charge in [-0.15, -0.1) is 17.5 Å².